The molecule has 118 valence electrons. The molecule has 0 radical (unpaired) electrons. The second-order valence-corrected chi connectivity index (χ2v) is 7.92. The first-order chi connectivity index (χ1) is 9.93. The van der Waals surface area contributed by atoms with Crippen LogP contribution in [0.2, 0.25) is 0 Å². The van der Waals surface area contributed by atoms with Crippen LogP contribution in [0.3, 0.4) is 0 Å². The maximum atomic E-state index is 14.3. The van der Waals surface area contributed by atoms with Gasteiger partial charge in [-0.15, -0.1) is 0 Å². The molecule has 1 saturated heterocycles. The molecule has 1 fully saturated rings. The van der Waals surface area contributed by atoms with Crippen LogP contribution in [0.15, 0.2) is 12.1 Å². The maximum absolute atomic E-state index is 14.3. The predicted octanol–water partition coefficient (Wildman–Crippen LogP) is 3.80. The van der Waals surface area contributed by atoms with Crippen LogP contribution in [0.1, 0.15) is 32.8 Å². The van der Waals surface area contributed by atoms with Gasteiger partial charge in [-0.05, 0) is 44.5 Å². The molecule has 0 bridgehead atoms. The monoisotopic (exact) mass is 314 g/mol. The molecule has 1 aromatic carbocycles. The lowest BCUT2D eigenvalue weighted by Crippen LogP contribution is -2.44. The third-order valence-electron chi connectivity index (χ3n) is 3.57. The number of nitrogens with zero attached hydrogens (tertiary/aromatic N) is 1. The molecule has 5 heteroatoms. The summed E-state index contributed by atoms with van der Waals surface area (Å²) < 4.78 is 28.7. The zero-order chi connectivity index (χ0) is 15.5. The molecule has 0 atom stereocenters. The molecule has 1 aromatic rings. The van der Waals surface area contributed by atoms with E-state index in [2.05, 4.69) is 26.1 Å². The number of hydrogen-bond acceptors (Lipinski definition) is 3. The van der Waals surface area contributed by atoms with Crippen molar-refractivity contribution in [3.8, 4) is 0 Å². The fraction of sp³-hybridized carbons (Fsp3) is 0.625. The van der Waals surface area contributed by atoms with Crippen molar-refractivity contribution >= 4 is 17.4 Å². The molecule has 21 heavy (non-hydrogen) atoms. The molecule has 0 saturated carbocycles. The first kappa shape index (κ1) is 16.6. The lowest BCUT2D eigenvalue weighted by atomic mass is 10.1. The summed E-state index contributed by atoms with van der Waals surface area (Å²) in [7, 11) is 0. The summed E-state index contributed by atoms with van der Waals surface area (Å²) in [4.78, 5) is 1.84. The van der Waals surface area contributed by atoms with Crippen LogP contribution in [-0.2, 0) is 6.54 Å². The molecule has 0 aliphatic carbocycles. The Bertz CT molecular complexity index is 468. The van der Waals surface area contributed by atoms with Crippen molar-refractivity contribution in [3.63, 3.8) is 0 Å². The van der Waals surface area contributed by atoms with Gasteiger partial charge >= 0.3 is 0 Å². The van der Waals surface area contributed by atoms with Crippen LogP contribution < -0.4 is 10.2 Å². The van der Waals surface area contributed by atoms with Crippen molar-refractivity contribution < 1.29 is 8.78 Å². The average molecular weight is 314 g/mol. The van der Waals surface area contributed by atoms with Crippen molar-refractivity contribution in [2.24, 2.45) is 0 Å². The number of benzene rings is 1. The van der Waals surface area contributed by atoms with E-state index in [1.165, 1.54) is 12.1 Å². The Hall–Kier alpha value is -0.810. The highest BCUT2D eigenvalue weighted by atomic mass is 32.2. The third-order valence-corrected chi connectivity index (χ3v) is 4.87. The fourth-order valence-corrected chi connectivity index (χ4v) is 3.75. The quantitative estimate of drug-likeness (QED) is 0.832. The number of hydrogen-bond donors (Lipinski definition) is 1. The molecule has 2 nitrogen and oxygen atoms in total. The van der Waals surface area contributed by atoms with Gasteiger partial charge < -0.3 is 10.2 Å². The smallest absolute Gasteiger partial charge is 0.149 e. The maximum Gasteiger partial charge on any atom is 0.149 e. The first-order valence-electron chi connectivity index (χ1n) is 7.50. The van der Waals surface area contributed by atoms with Gasteiger partial charge in [-0.1, -0.05) is 6.92 Å². The Kier molecular flexibility index (Phi) is 5.49. The zero-order valence-electron chi connectivity index (χ0n) is 13.0. The van der Waals surface area contributed by atoms with Crippen molar-refractivity contribution in [3.05, 3.63) is 29.3 Å². The molecule has 1 N–H and O–H groups in total. The van der Waals surface area contributed by atoms with E-state index in [1.807, 2.05) is 16.7 Å². The lowest BCUT2D eigenvalue weighted by Gasteiger charge is -2.39. The summed E-state index contributed by atoms with van der Waals surface area (Å²) in [6.07, 6.45) is 1.00. The largest absolute Gasteiger partial charge is 0.365 e. The summed E-state index contributed by atoms with van der Waals surface area (Å²) in [6.45, 7) is 9.00. The summed E-state index contributed by atoms with van der Waals surface area (Å²) >= 11 is 1.85. The van der Waals surface area contributed by atoms with E-state index in [0.29, 0.717) is 25.2 Å². The topological polar surface area (TPSA) is 15.3 Å². The second kappa shape index (κ2) is 6.97. The van der Waals surface area contributed by atoms with E-state index in [4.69, 9.17) is 0 Å². The Morgan fingerprint density at radius 3 is 2.52 bits per heavy atom. The number of thioether (sulfide) groups is 1. The molecule has 0 amide bonds. The van der Waals surface area contributed by atoms with E-state index in [1.54, 1.807) is 0 Å². The third kappa shape index (κ3) is 4.33. The molecule has 0 unspecified atom stereocenters. The van der Waals surface area contributed by atoms with Crippen molar-refractivity contribution in [1.29, 1.82) is 0 Å². The highest BCUT2D eigenvalue weighted by Gasteiger charge is 2.30. The first-order valence-corrected chi connectivity index (χ1v) is 8.49. The van der Waals surface area contributed by atoms with Crippen LogP contribution in [0.4, 0.5) is 14.5 Å². The van der Waals surface area contributed by atoms with Gasteiger partial charge in [0.15, 0.2) is 0 Å². The number of anilines is 1. The minimum Gasteiger partial charge on any atom is -0.365 e. The van der Waals surface area contributed by atoms with Crippen LogP contribution in [-0.4, -0.2) is 30.1 Å². The van der Waals surface area contributed by atoms with E-state index < -0.39 is 11.6 Å². The fourth-order valence-electron chi connectivity index (χ4n) is 2.64. The minimum atomic E-state index is -0.453. The lowest BCUT2D eigenvalue weighted by molar-refractivity contribution is 0.552. The Morgan fingerprint density at radius 2 is 1.95 bits per heavy atom. The molecule has 1 aliphatic rings. The van der Waals surface area contributed by atoms with Gasteiger partial charge in [-0.25, -0.2) is 8.78 Å². The van der Waals surface area contributed by atoms with Gasteiger partial charge in [0.05, 0.1) is 0 Å². The van der Waals surface area contributed by atoms with Crippen LogP contribution in [0.25, 0.3) is 0 Å². The van der Waals surface area contributed by atoms with Gasteiger partial charge in [0, 0.05) is 30.1 Å². The summed E-state index contributed by atoms with van der Waals surface area (Å²) in [6, 6.07) is 2.91. The minimum absolute atomic E-state index is 0.0263. The van der Waals surface area contributed by atoms with Crippen molar-refractivity contribution in [2.75, 3.05) is 30.3 Å². The summed E-state index contributed by atoms with van der Waals surface area (Å²) in [5.41, 5.74) is 0.787. The molecule has 1 aliphatic heterocycles. The van der Waals surface area contributed by atoms with Crippen molar-refractivity contribution in [1.82, 2.24) is 5.32 Å². The van der Waals surface area contributed by atoms with Crippen LogP contribution in [0.5, 0.6) is 0 Å². The van der Waals surface area contributed by atoms with Crippen molar-refractivity contribution in [2.45, 2.75) is 38.5 Å². The summed E-state index contributed by atoms with van der Waals surface area (Å²) in [5.74, 6) is -0.0110. The van der Waals surface area contributed by atoms with E-state index >= 15 is 0 Å². The Labute approximate surface area is 130 Å². The molecule has 2 rings (SSSR count). The number of nitrogens with one attached hydrogen (secondary N) is 1. The van der Waals surface area contributed by atoms with E-state index in [-0.39, 0.29) is 10.4 Å². The number of halogens is 2. The Balaban J connectivity index is 2.16. The number of rotatable bonds is 5. The zero-order valence-corrected chi connectivity index (χ0v) is 13.8. The Morgan fingerprint density at radius 1 is 1.29 bits per heavy atom. The average Bonchev–Trinajstić information content (AvgIpc) is 2.37. The summed E-state index contributed by atoms with van der Waals surface area (Å²) in [5, 5.41) is 3.17. The highest BCUT2D eigenvalue weighted by molar-refractivity contribution is 8.00. The second-order valence-electron chi connectivity index (χ2n) is 6.11. The van der Waals surface area contributed by atoms with Gasteiger partial charge in [0.25, 0.3) is 0 Å². The van der Waals surface area contributed by atoms with E-state index in [0.717, 1.165) is 18.7 Å². The van der Waals surface area contributed by atoms with Gasteiger partial charge in [-0.3, -0.25) is 0 Å². The van der Waals surface area contributed by atoms with Gasteiger partial charge in [0.1, 0.15) is 17.3 Å². The SMILES string of the molecule is CCCNCc1cc(F)c(N2CCSC(C)(C)C2)c(F)c1. The standard InChI is InChI=1S/C16H24F2N2S/c1-4-5-19-10-12-8-13(17)15(14(18)9-12)20-6-7-21-16(2,3)11-20/h8-9,19H,4-7,10-11H2,1-3H3. The van der Waals surface area contributed by atoms with Crippen LogP contribution in [0, 0.1) is 11.6 Å². The molecule has 0 aromatic heterocycles. The molecule has 1 heterocycles. The van der Waals surface area contributed by atoms with E-state index in [9.17, 15) is 8.78 Å². The normalized spacial score (nSPS) is 18.0. The highest BCUT2D eigenvalue weighted by Crippen LogP contribution is 2.34. The van der Waals surface area contributed by atoms with Crippen LogP contribution >= 0.6 is 11.8 Å². The molecular weight excluding hydrogens is 290 g/mol. The van der Waals surface area contributed by atoms with Gasteiger partial charge in [0.2, 0.25) is 0 Å². The predicted molar refractivity (Wildman–Crippen MR) is 87.1 cm³/mol. The molecule has 0 spiro atoms. The van der Waals surface area contributed by atoms with Gasteiger partial charge in [-0.2, -0.15) is 11.8 Å². The molecular formula is C16H24F2N2S.